The van der Waals surface area contributed by atoms with Crippen molar-refractivity contribution in [2.75, 3.05) is 4.90 Å². The van der Waals surface area contributed by atoms with Gasteiger partial charge in [0, 0.05) is 3.57 Å². The van der Waals surface area contributed by atoms with E-state index in [2.05, 4.69) is 27.9 Å². The first-order valence-corrected chi connectivity index (χ1v) is 7.36. The van der Waals surface area contributed by atoms with E-state index >= 15 is 0 Å². The second-order valence-electron chi connectivity index (χ2n) is 5.16. The van der Waals surface area contributed by atoms with Crippen molar-refractivity contribution < 1.29 is 9.59 Å². The van der Waals surface area contributed by atoms with Crippen LogP contribution in [0.4, 0.5) is 5.69 Å². The van der Waals surface area contributed by atoms with Crippen molar-refractivity contribution in [1.82, 2.24) is 5.32 Å². The van der Waals surface area contributed by atoms with Gasteiger partial charge in [-0.05, 0) is 55.0 Å². The molecule has 0 aliphatic carbocycles. The van der Waals surface area contributed by atoms with Crippen molar-refractivity contribution in [3.05, 3.63) is 27.8 Å². The first kappa shape index (κ1) is 14.3. The number of nitrogens with zero attached hydrogens (tertiary/aromatic N) is 1. The third kappa shape index (κ3) is 2.48. The standard InChI is InChI=1S/C14H17IN2O2/c1-4-10-12(18)16-14(2,3)13(19)17(10)11-8-6-5-7-9(11)15/h5-8,10H,4H2,1-3H3,(H,16,18). The number of piperazine rings is 1. The lowest BCUT2D eigenvalue weighted by Crippen LogP contribution is -2.68. The molecule has 0 radical (unpaired) electrons. The fourth-order valence-electron chi connectivity index (χ4n) is 2.30. The van der Waals surface area contributed by atoms with Crippen LogP contribution in [-0.2, 0) is 9.59 Å². The van der Waals surface area contributed by atoms with Gasteiger partial charge in [0.05, 0.1) is 5.69 Å². The Morgan fingerprint density at radius 2 is 1.95 bits per heavy atom. The lowest BCUT2D eigenvalue weighted by Gasteiger charge is -2.42. The summed E-state index contributed by atoms with van der Waals surface area (Å²) in [6.07, 6.45) is 0.596. The van der Waals surface area contributed by atoms with Crippen LogP contribution in [0.3, 0.4) is 0 Å². The molecule has 2 rings (SSSR count). The number of nitrogens with one attached hydrogen (secondary N) is 1. The van der Waals surface area contributed by atoms with E-state index in [0.717, 1.165) is 9.26 Å². The Hall–Kier alpha value is -1.11. The van der Waals surface area contributed by atoms with Gasteiger partial charge in [0.1, 0.15) is 11.6 Å². The molecule has 1 saturated heterocycles. The fraction of sp³-hybridized carbons (Fsp3) is 0.429. The SMILES string of the molecule is CCC1C(=O)NC(C)(C)C(=O)N1c1ccccc1I. The zero-order chi connectivity index (χ0) is 14.2. The maximum Gasteiger partial charge on any atom is 0.252 e. The Bertz CT molecular complexity index is 528. The van der Waals surface area contributed by atoms with Crippen LogP contribution in [0.1, 0.15) is 27.2 Å². The highest BCUT2D eigenvalue weighted by Gasteiger charge is 2.45. The number of carbonyl (C=O) groups excluding carboxylic acids is 2. The van der Waals surface area contributed by atoms with Crippen molar-refractivity contribution in [2.45, 2.75) is 38.8 Å². The monoisotopic (exact) mass is 372 g/mol. The summed E-state index contributed by atoms with van der Waals surface area (Å²) in [7, 11) is 0. The second-order valence-corrected chi connectivity index (χ2v) is 6.33. The van der Waals surface area contributed by atoms with Crippen LogP contribution in [0.2, 0.25) is 0 Å². The second kappa shape index (κ2) is 5.11. The van der Waals surface area contributed by atoms with Crippen molar-refractivity contribution in [3.63, 3.8) is 0 Å². The number of carbonyl (C=O) groups is 2. The molecule has 1 N–H and O–H groups in total. The van der Waals surface area contributed by atoms with Crippen molar-refractivity contribution >= 4 is 40.1 Å². The van der Waals surface area contributed by atoms with E-state index in [-0.39, 0.29) is 11.8 Å². The largest absolute Gasteiger partial charge is 0.340 e. The average molecular weight is 372 g/mol. The first-order valence-electron chi connectivity index (χ1n) is 6.28. The molecule has 1 aliphatic heterocycles. The minimum absolute atomic E-state index is 0.0666. The van der Waals surface area contributed by atoms with E-state index in [1.54, 1.807) is 18.7 Å². The molecule has 1 aromatic rings. The summed E-state index contributed by atoms with van der Waals surface area (Å²) in [5.74, 6) is -0.158. The van der Waals surface area contributed by atoms with Crippen molar-refractivity contribution in [1.29, 1.82) is 0 Å². The van der Waals surface area contributed by atoms with Gasteiger partial charge in [-0.15, -0.1) is 0 Å². The fourth-order valence-corrected chi connectivity index (χ4v) is 2.94. The molecule has 0 aromatic heterocycles. The number of benzene rings is 1. The van der Waals surface area contributed by atoms with E-state index in [1.165, 1.54) is 0 Å². The van der Waals surface area contributed by atoms with E-state index in [9.17, 15) is 9.59 Å². The van der Waals surface area contributed by atoms with Gasteiger partial charge in [0.15, 0.2) is 0 Å². The van der Waals surface area contributed by atoms with Crippen LogP contribution < -0.4 is 10.2 Å². The van der Waals surface area contributed by atoms with Gasteiger partial charge in [-0.3, -0.25) is 14.5 Å². The van der Waals surface area contributed by atoms with E-state index in [0.29, 0.717) is 6.42 Å². The molecule has 1 fully saturated rings. The van der Waals surface area contributed by atoms with Crippen LogP contribution in [0.25, 0.3) is 0 Å². The smallest absolute Gasteiger partial charge is 0.252 e. The van der Waals surface area contributed by atoms with Crippen LogP contribution in [0, 0.1) is 3.57 Å². The minimum atomic E-state index is -0.859. The lowest BCUT2D eigenvalue weighted by molar-refractivity contribution is -0.137. The quantitative estimate of drug-likeness (QED) is 0.811. The molecule has 1 aromatic carbocycles. The van der Waals surface area contributed by atoms with E-state index < -0.39 is 11.6 Å². The topological polar surface area (TPSA) is 49.4 Å². The number of anilines is 1. The summed E-state index contributed by atoms with van der Waals surface area (Å²) >= 11 is 2.19. The first-order chi connectivity index (χ1) is 8.88. The third-order valence-corrected chi connectivity index (χ3v) is 4.21. The maximum atomic E-state index is 12.6. The van der Waals surface area contributed by atoms with Gasteiger partial charge in [0.2, 0.25) is 5.91 Å². The van der Waals surface area contributed by atoms with Crippen LogP contribution in [0.5, 0.6) is 0 Å². The summed E-state index contributed by atoms with van der Waals surface area (Å²) in [6, 6.07) is 7.20. The summed E-state index contributed by atoms with van der Waals surface area (Å²) in [6.45, 7) is 5.39. The zero-order valence-corrected chi connectivity index (χ0v) is 13.4. The van der Waals surface area contributed by atoms with E-state index in [4.69, 9.17) is 0 Å². The molecule has 102 valence electrons. The van der Waals surface area contributed by atoms with Gasteiger partial charge in [-0.25, -0.2) is 0 Å². The molecule has 19 heavy (non-hydrogen) atoms. The Labute approximate surface area is 126 Å². The van der Waals surface area contributed by atoms with Crippen molar-refractivity contribution in [3.8, 4) is 0 Å². The molecule has 2 amide bonds. The molecular weight excluding hydrogens is 355 g/mol. The number of hydrogen-bond acceptors (Lipinski definition) is 2. The van der Waals surface area contributed by atoms with Crippen molar-refractivity contribution in [2.24, 2.45) is 0 Å². The zero-order valence-electron chi connectivity index (χ0n) is 11.2. The number of para-hydroxylation sites is 1. The predicted molar refractivity (Wildman–Crippen MR) is 82.9 cm³/mol. The van der Waals surface area contributed by atoms with Gasteiger partial charge in [-0.2, -0.15) is 0 Å². The maximum absolute atomic E-state index is 12.6. The number of rotatable bonds is 2. The highest BCUT2D eigenvalue weighted by Crippen LogP contribution is 2.30. The minimum Gasteiger partial charge on any atom is -0.340 e. The normalized spacial score (nSPS) is 22.3. The molecular formula is C14H17IN2O2. The van der Waals surface area contributed by atoms with Gasteiger partial charge < -0.3 is 5.32 Å². The van der Waals surface area contributed by atoms with E-state index in [1.807, 2.05) is 31.2 Å². The highest BCUT2D eigenvalue weighted by molar-refractivity contribution is 14.1. The molecule has 0 bridgehead atoms. The highest BCUT2D eigenvalue weighted by atomic mass is 127. The third-order valence-electron chi connectivity index (χ3n) is 3.30. The average Bonchev–Trinajstić information content (AvgIpc) is 2.34. The Morgan fingerprint density at radius 1 is 1.32 bits per heavy atom. The summed E-state index contributed by atoms with van der Waals surface area (Å²) < 4.78 is 0.970. The number of hydrogen-bond donors (Lipinski definition) is 1. The molecule has 5 heteroatoms. The molecule has 4 nitrogen and oxygen atoms in total. The number of halogens is 1. The number of amides is 2. The summed E-state index contributed by atoms with van der Waals surface area (Å²) in [5.41, 5.74) is -0.0512. The Morgan fingerprint density at radius 3 is 2.53 bits per heavy atom. The Balaban J connectivity index is 2.53. The van der Waals surface area contributed by atoms with Crippen LogP contribution in [-0.4, -0.2) is 23.4 Å². The molecule has 1 atom stereocenters. The van der Waals surface area contributed by atoms with Crippen LogP contribution >= 0.6 is 22.6 Å². The molecule has 1 unspecified atom stereocenters. The lowest BCUT2D eigenvalue weighted by atomic mass is 9.95. The molecule has 0 saturated carbocycles. The molecule has 1 aliphatic rings. The summed E-state index contributed by atoms with van der Waals surface area (Å²) in [4.78, 5) is 26.4. The predicted octanol–water partition coefficient (Wildman–Crippen LogP) is 2.31. The van der Waals surface area contributed by atoms with Crippen LogP contribution in [0.15, 0.2) is 24.3 Å². The Kier molecular flexibility index (Phi) is 3.85. The van der Waals surface area contributed by atoms with Gasteiger partial charge >= 0.3 is 0 Å². The molecule has 1 heterocycles. The summed E-state index contributed by atoms with van der Waals surface area (Å²) in [5, 5.41) is 2.79. The van der Waals surface area contributed by atoms with Gasteiger partial charge in [-0.1, -0.05) is 19.1 Å². The molecule has 0 spiro atoms. The van der Waals surface area contributed by atoms with Gasteiger partial charge in [0.25, 0.3) is 5.91 Å².